The fourth-order valence-electron chi connectivity index (χ4n) is 4.59. The second-order valence-corrected chi connectivity index (χ2v) is 13.3. The van der Waals surface area contributed by atoms with Crippen LogP contribution in [0.25, 0.3) is 10.8 Å². The highest BCUT2D eigenvalue weighted by Gasteiger charge is 2.27. The number of ether oxygens (including phenoxy) is 1. The van der Waals surface area contributed by atoms with Crippen molar-refractivity contribution < 1.29 is 27.1 Å². The predicted molar refractivity (Wildman–Crippen MR) is 173 cm³/mol. The number of anilines is 3. The van der Waals surface area contributed by atoms with Crippen LogP contribution in [0.3, 0.4) is 0 Å². The number of nitrogen functional groups attached to an aromatic ring is 1. The predicted octanol–water partition coefficient (Wildman–Crippen LogP) is 5.10. The van der Waals surface area contributed by atoms with E-state index in [2.05, 4.69) is 20.9 Å². The number of nitrogens with one attached hydrogen (secondary N) is 3. The fraction of sp³-hybridized carbons (Fsp3) is 0.281. The van der Waals surface area contributed by atoms with E-state index in [0.29, 0.717) is 34.9 Å². The topological polar surface area (TPSA) is 156 Å². The first-order chi connectivity index (χ1) is 21.3. The van der Waals surface area contributed by atoms with Crippen LogP contribution in [0.4, 0.5) is 26.4 Å². The molecule has 0 fully saturated rings. The van der Waals surface area contributed by atoms with Gasteiger partial charge in [-0.3, -0.25) is 4.79 Å². The van der Waals surface area contributed by atoms with Gasteiger partial charge in [-0.2, -0.15) is 0 Å². The Balaban J connectivity index is 1.72. The monoisotopic (exact) mass is 636 g/mol. The molecule has 4 aromatic rings. The van der Waals surface area contributed by atoms with Crippen LogP contribution in [0.1, 0.15) is 37.9 Å². The van der Waals surface area contributed by atoms with E-state index in [1.54, 1.807) is 65.3 Å². The lowest BCUT2D eigenvalue weighted by atomic mass is 10.0. The van der Waals surface area contributed by atoms with Gasteiger partial charge in [-0.25, -0.2) is 22.6 Å². The smallest absolute Gasteiger partial charge is 0.321 e. The van der Waals surface area contributed by atoms with Gasteiger partial charge in [0.15, 0.2) is 9.84 Å². The minimum Gasteiger partial charge on any atom is -0.494 e. The van der Waals surface area contributed by atoms with Gasteiger partial charge in [0.25, 0.3) is 0 Å². The molecular formula is C32H37FN6O5S. The van der Waals surface area contributed by atoms with Gasteiger partial charge in [-0.1, -0.05) is 0 Å². The molecule has 3 aromatic carbocycles. The Hall–Kier alpha value is -4.91. The molecule has 0 aliphatic rings. The average Bonchev–Trinajstić information content (AvgIpc) is 2.99. The maximum atomic E-state index is 15.3. The number of aromatic nitrogens is 1. The van der Waals surface area contributed by atoms with Crippen LogP contribution in [0, 0.1) is 5.82 Å². The molecule has 3 amide bonds. The van der Waals surface area contributed by atoms with Crippen molar-refractivity contribution in [1.29, 1.82) is 0 Å². The molecule has 238 valence electrons. The van der Waals surface area contributed by atoms with Gasteiger partial charge in [0, 0.05) is 49.2 Å². The molecule has 45 heavy (non-hydrogen) atoms. The second kappa shape index (κ2) is 13.8. The summed E-state index contributed by atoms with van der Waals surface area (Å²) in [6, 6.07) is 13.9. The van der Waals surface area contributed by atoms with Crippen molar-refractivity contribution in [3.05, 3.63) is 83.8 Å². The van der Waals surface area contributed by atoms with E-state index in [0.717, 1.165) is 5.39 Å². The number of halogens is 1. The quantitative estimate of drug-likeness (QED) is 0.177. The van der Waals surface area contributed by atoms with Crippen LogP contribution in [0.15, 0.2) is 71.8 Å². The molecule has 0 saturated carbocycles. The summed E-state index contributed by atoms with van der Waals surface area (Å²) in [5.41, 5.74) is 7.12. The molecule has 1 heterocycles. The van der Waals surface area contributed by atoms with Crippen molar-refractivity contribution in [2.45, 2.75) is 43.5 Å². The Labute approximate surface area is 261 Å². The van der Waals surface area contributed by atoms with E-state index in [1.165, 1.54) is 41.3 Å². The third-order valence-corrected chi connectivity index (χ3v) is 9.31. The van der Waals surface area contributed by atoms with Crippen LogP contribution in [0.5, 0.6) is 5.75 Å². The van der Waals surface area contributed by atoms with Crippen LogP contribution in [-0.4, -0.2) is 56.2 Å². The van der Waals surface area contributed by atoms with E-state index < -0.39 is 38.9 Å². The molecule has 4 rings (SSSR count). The number of nitrogens with two attached hydrogens (primary N) is 1. The Morgan fingerprint density at radius 3 is 2.44 bits per heavy atom. The lowest BCUT2D eigenvalue weighted by Gasteiger charge is -2.22. The third-order valence-electron chi connectivity index (χ3n) is 7.06. The molecule has 0 aliphatic carbocycles. The number of hydrogen-bond donors (Lipinski definition) is 4. The summed E-state index contributed by atoms with van der Waals surface area (Å²) < 4.78 is 47.3. The first-order valence-electron chi connectivity index (χ1n) is 14.3. The molecule has 0 aliphatic heterocycles. The van der Waals surface area contributed by atoms with Crippen LogP contribution in [0.2, 0.25) is 0 Å². The number of nitrogens with zero attached hydrogens (tertiary/aromatic N) is 2. The summed E-state index contributed by atoms with van der Waals surface area (Å²) in [5.74, 6) is -0.551. The highest BCUT2D eigenvalue weighted by Crippen LogP contribution is 2.30. The first-order valence-corrected chi connectivity index (χ1v) is 15.8. The molecule has 5 N–H and O–H groups in total. The summed E-state index contributed by atoms with van der Waals surface area (Å²) in [6.07, 6.45) is 1.56. The normalized spacial score (nSPS) is 12.1. The third kappa shape index (κ3) is 7.60. The number of hydrogen-bond acceptors (Lipinski definition) is 8. The zero-order valence-electron chi connectivity index (χ0n) is 25.7. The number of pyridine rings is 1. The molecule has 0 saturated heterocycles. The number of rotatable bonds is 11. The minimum atomic E-state index is -3.76. The number of urea groups is 1. The maximum absolute atomic E-state index is 15.3. The molecule has 0 bridgehead atoms. The van der Waals surface area contributed by atoms with E-state index in [4.69, 9.17) is 10.5 Å². The van der Waals surface area contributed by atoms with Crippen molar-refractivity contribution in [1.82, 2.24) is 15.2 Å². The fourth-order valence-corrected chi connectivity index (χ4v) is 5.85. The number of fused-ring (bicyclic) bond motifs is 1. The number of sulfone groups is 1. The molecule has 1 aromatic heterocycles. The highest BCUT2D eigenvalue weighted by molar-refractivity contribution is 7.92. The summed E-state index contributed by atoms with van der Waals surface area (Å²) in [6.45, 7) is 5.01. The largest absolute Gasteiger partial charge is 0.494 e. The Bertz CT molecular complexity index is 1830. The lowest BCUT2D eigenvalue weighted by Crippen LogP contribution is -2.34. The van der Waals surface area contributed by atoms with Crippen molar-refractivity contribution in [3.63, 3.8) is 0 Å². The Morgan fingerprint density at radius 1 is 1.02 bits per heavy atom. The number of carbonyl (C=O) groups excluding carboxylic acids is 2. The minimum absolute atomic E-state index is 0.00964. The van der Waals surface area contributed by atoms with Crippen molar-refractivity contribution in [2.75, 3.05) is 37.1 Å². The van der Waals surface area contributed by atoms with Gasteiger partial charge in [-0.15, -0.1) is 0 Å². The molecule has 13 heteroatoms. The molecule has 1 unspecified atom stereocenters. The van der Waals surface area contributed by atoms with Gasteiger partial charge in [0.2, 0.25) is 5.91 Å². The molecule has 11 nitrogen and oxygen atoms in total. The Morgan fingerprint density at radius 2 is 1.76 bits per heavy atom. The van der Waals surface area contributed by atoms with E-state index in [-0.39, 0.29) is 22.6 Å². The molecule has 1 atom stereocenters. The maximum Gasteiger partial charge on any atom is 0.321 e. The summed E-state index contributed by atoms with van der Waals surface area (Å²) in [5, 5.41) is 9.32. The first kappa shape index (κ1) is 33.0. The van der Waals surface area contributed by atoms with E-state index in [1.807, 2.05) is 0 Å². The standard InChI is InChI=1S/C32H37FN6O5S/c1-6-44-24-9-11-27(33)26(17-24)29(37-22-7-10-25-20(15-22)13-14-35-30(25)34)31(40)36-18-21-16-23(38-32(41)39(4)5)8-12-28(21)45(42,43)19(2)3/h7-17,19,29,37H,6,18H2,1-5H3,(H2,34,35)(H,36,40)(H,38,41). The molecular weight excluding hydrogens is 599 g/mol. The van der Waals surface area contributed by atoms with Gasteiger partial charge in [0.1, 0.15) is 23.4 Å². The van der Waals surface area contributed by atoms with E-state index in [9.17, 15) is 18.0 Å². The Kier molecular flexibility index (Phi) is 10.1. The molecule has 0 radical (unpaired) electrons. The van der Waals surface area contributed by atoms with Crippen LogP contribution >= 0.6 is 0 Å². The number of amides is 3. The van der Waals surface area contributed by atoms with Gasteiger partial charge in [-0.05, 0) is 92.4 Å². The summed E-state index contributed by atoms with van der Waals surface area (Å²) in [4.78, 5) is 31.6. The van der Waals surface area contributed by atoms with Gasteiger partial charge in [0.05, 0.1) is 16.8 Å². The van der Waals surface area contributed by atoms with Crippen molar-refractivity contribution >= 4 is 49.7 Å². The van der Waals surface area contributed by atoms with Gasteiger partial charge < -0.3 is 31.3 Å². The lowest BCUT2D eigenvalue weighted by molar-refractivity contribution is -0.122. The SMILES string of the molecule is CCOc1ccc(F)c(C(Nc2ccc3c(N)nccc3c2)C(=O)NCc2cc(NC(=O)N(C)C)ccc2S(=O)(=O)C(C)C)c1. The zero-order valence-corrected chi connectivity index (χ0v) is 26.5. The molecule has 0 spiro atoms. The summed E-state index contributed by atoms with van der Waals surface area (Å²) >= 11 is 0. The second-order valence-electron chi connectivity index (χ2n) is 10.8. The zero-order chi connectivity index (χ0) is 32.9. The summed E-state index contributed by atoms with van der Waals surface area (Å²) in [7, 11) is -0.620. The number of carbonyl (C=O) groups is 2. The number of benzene rings is 3. The van der Waals surface area contributed by atoms with Crippen LogP contribution in [-0.2, 0) is 21.2 Å². The van der Waals surface area contributed by atoms with Crippen molar-refractivity contribution in [2.24, 2.45) is 0 Å². The average molecular weight is 637 g/mol. The highest BCUT2D eigenvalue weighted by atomic mass is 32.2. The van der Waals surface area contributed by atoms with E-state index >= 15 is 4.39 Å². The van der Waals surface area contributed by atoms with Crippen molar-refractivity contribution in [3.8, 4) is 5.75 Å². The van der Waals surface area contributed by atoms with Crippen LogP contribution < -0.4 is 26.4 Å². The van der Waals surface area contributed by atoms with Gasteiger partial charge >= 0.3 is 6.03 Å².